The first-order valence-electron chi connectivity index (χ1n) is 5.85. The van der Waals surface area contributed by atoms with Crippen molar-refractivity contribution in [3.63, 3.8) is 0 Å². The molecule has 5 nitrogen and oxygen atoms in total. The number of halogens is 3. The number of aromatic nitrogens is 4. The second-order valence-corrected chi connectivity index (χ2v) is 5.50. The first-order chi connectivity index (χ1) is 10.1. The molecule has 0 saturated heterocycles. The van der Waals surface area contributed by atoms with Gasteiger partial charge in [0.25, 0.3) is 0 Å². The van der Waals surface area contributed by atoms with E-state index in [0.29, 0.717) is 37.8 Å². The number of benzene rings is 2. The maximum Gasteiger partial charge on any atom is 0.188 e. The molecular formula is C13H8Cl3N5. The normalized spacial score (nSPS) is 10.8. The van der Waals surface area contributed by atoms with Crippen molar-refractivity contribution in [3.8, 4) is 17.1 Å². The molecule has 8 heteroatoms. The average molecular weight is 341 g/mol. The van der Waals surface area contributed by atoms with Crippen LogP contribution in [0.1, 0.15) is 0 Å². The molecule has 0 amide bonds. The first kappa shape index (κ1) is 14.1. The SMILES string of the molecule is Nc1ccc(-c2nnnn2-c2ccc(Cl)cc2Cl)c(Cl)c1. The van der Waals surface area contributed by atoms with E-state index in [1.54, 1.807) is 36.4 Å². The number of hydrogen-bond acceptors (Lipinski definition) is 4. The van der Waals surface area contributed by atoms with Crippen LogP contribution in [0.15, 0.2) is 36.4 Å². The summed E-state index contributed by atoms with van der Waals surface area (Å²) in [6, 6.07) is 10.2. The fourth-order valence-electron chi connectivity index (χ4n) is 1.88. The van der Waals surface area contributed by atoms with Crippen molar-refractivity contribution in [2.24, 2.45) is 0 Å². The predicted octanol–water partition coefficient (Wildman–Crippen LogP) is 3.87. The van der Waals surface area contributed by atoms with Crippen molar-refractivity contribution >= 4 is 40.5 Å². The third-order valence-corrected chi connectivity index (χ3v) is 3.69. The zero-order valence-electron chi connectivity index (χ0n) is 10.5. The fraction of sp³-hybridized carbons (Fsp3) is 0. The molecule has 0 unspecified atom stereocenters. The van der Waals surface area contributed by atoms with Crippen LogP contribution in [0.5, 0.6) is 0 Å². The van der Waals surface area contributed by atoms with Crippen molar-refractivity contribution in [1.82, 2.24) is 20.2 Å². The number of tetrazole rings is 1. The monoisotopic (exact) mass is 339 g/mol. The average Bonchev–Trinajstić information content (AvgIpc) is 2.87. The molecule has 0 aliphatic heterocycles. The molecule has 0 aliphatic rings. The van der Waals surface area contributed by atoms with Crippen LogP contribution < -0.4 is 5.73 Å². The second kappa shape index (κ2) is 5.52. The Morgan fingerprint density at radius 3 is 2.48 bits per heavy atom. The molecule has 0 fully saturated rings. The Kier molecular flexibility index (Phi) is 3.71. The summed E-state index contributed by atoms with van der Waals surface area (Å²) >= 11 is 18.3. The Balaban J connectivity index is 2.17. The number of anilines is 1. The highest BCUT2D eigenvalue weighted by Crippen LogP contribution is 2.31. The maximum atomic E-state index is 6.20. The molecule has 0 atom stereocenters. The van der Waals surface area contributed by atoms with E-state index < -0.39 is 0 Å². The summed E-state index contributed by atoms with van der Waals surface area (Å²) in [4.78, 5) is 0. The minimum absolute atomic E-state index is 0.433. The van der Waals surface area contributed by atoms with Gasteiger partial charge in [0, 0.05) is 16.3 Å². The van der Waals surface area contributed by atoms with Crippen LogP contribution in [0.3, 0.4) is 0 Å². The van der Waals surface area contributed by atoms with Gasteiger partial charge in [-0.2, -0.15) is 4.68 Å². The topological polar surface area (TPSA) is 69.6 Å². The Hall–Kier alpha value is -1.82. The number of rotatable bonds is 2. The molecule has 0 saturated carbocycles. The lowest BCUT2D eigenvalue weighted by Gasteiger charge is -2.08. The van der Waals surface area contributed by atoms with Crippen molar-refractivity contribution in [2.45, 2.75) is 0 Å². The van der Waals surface area contributed by atoms with Crippen LogP contribution >= 0.6 is 34.8 Å². The van der Waals surface area contributed by atoms with Gasteiger partial charge in [0.15, 0.2) is 5.82 Å². The van der Waals surface area contributed by atoms with Crippen LogP contribution in [0, 0.1) is 0 Å². The quantitative estimate of drug-likeness (QED) is 0.719. The lowest BCUT2D eigenvalue weighted by molar-refractivity contribution is 0.791. The molecular weight excluding hydrogens is 333 g/mol. The molecule has 1 heterocycles. The van der Waals surface area contributed by atoms with Gasteiger partial charge in [0.2, 0.25) is 0 Å². The van der Waals surface area contributed by atoms with Crippen LogP contribution in [-0.2, 0) is 0 Å². The van der Waals surface area contributed by atoms with Gasteiger partial charge in [-0.3, -0.25) is 0 Å². The summed E-state index contributed by atoms with van der Waals surface area (Å²) in [5.74, 6) is 0.462. The van der Waals surface area contributed by atoms with Crippen molar-refractivity contribution in [3.05, 3.63) is 51.5 Å². The molecule has 0 radical (unpaired) electrons. The molecule has 3 aromatic rings. The van der Waals surface area contributed by atoms with Gasteiger partial charge in [-0.05, 0) is 46.8 Å². The molecule has 2 N–H and O–H groups in total. The highest BCUT2D eigenvalue weighted by atomic mass is 35.5. The van der Waals surface area contributed by atoms with Gasteiger partial charge in [-0.15, -0.1) is 5.10 Å². The molecule has 0 bridgehead atoms. The fourth-order valence-corrected chi connectivity index (χ4v) is 2.65. The largest absolute Gasteiger partial charge is 0.399 e. The van der Waals surface area contributed by atoms with E-state index in [1.165, 1.54) is 4.68 Å². The molecule has 3 rings (SSSR count). The number of hydrogen-bond donors (Lipinski definition) is 1. The lowest BCUT2D eigenvalue weighted by atomic mass is 10.2. The third-order valence-electron chi connectivity index (χ3n) is 2.84. The third kappa shape index (κ3) is 2.68. The Labute approximate surface area is 135 Å². The van der Waals surface area contributed by atoms with Gasteiger partial charge in [-0.25, -0.2) is 0 Å². The van der Waals surface area contributed by atoms with E-state index in [2.05, 4.69) is 15.5 Å². The predicted molar refractivity (Wildman–Crippen MR) is 84.0 cm³/mol. The van der Waals surface area contributed by atoms with Gasteiger partial charge < -0.3 is 5.73 Å². The summed E-state index contributed by atoms with van der Waals surface area (Å²) in [5.41, 5.74) is 7.51. The van der Waals surface area contributed by atoms with Gasteiger partial charge in [0.05, 0.1) is 15.7 Å². The first-order valence-corrected chi connectivity index (χ1v) is 6.99. The van der Waals surface area contributed by atoms with Crippen LogP contribution in [0.25, 0.3) is 17.1 Å². The number of nitrogens with two attached hydrogens (primary N) is 1. The van der Waals surface area contributed by atoms with Crippen molar-refractivity contribution < 1.29 is 0 Å². The molecule has 0 spiro atoms. The molecule has 2 aromatic carbocycles. The molecule has 21 heavy (non-hydrogen) atoms. The van der Waals surface area contributed by atoms with E-state index >= 15 is 0 Å². The lowest BCUT2D eigenvalue weighted by Crippen LogP contribution is -2.01. The minimum atomic E-state index is 0.433. The Morgan fingerprint density at radius 2 is 1.76 bits per heavy atom. The van der Waals surface area contributed by atoms with E-state index in [-0.39, 0.29) is 0 Å². The summed E-state index contributed by atoms with van der Waals surface area (Å²) in [5, 5.41) is 13.1. The van der Waals surface area contributed by atoms with E-state index in [1.807, 2.05) is 0 Å². The zero-order chi connectivity index (χ0) is 15.0. The highest BCUT2D eigenvalue weighted by Gasteiger charge is 2.16. The zero-order valence-corrected chi connectivity index (χ0v) is 12.7. The second-order valence-electron chi connectivity index (χ2n) is 4.25. The minimum Gasteiger partial charge on any atom is -0.399 e. The smallest absolute Gasteiger partial charge is 0.188 e. The van der Waals surface area contributed by atoms with E-state index in [0.717, 1.165) is 0 Å². The number of nitrogen functional groups attached to an aromatic ring is 1. The van der Waals surface area contributed by atoms with Crippen LogP contribution in [0.2, 0.25) is 15.1 Å². The van der Waals surface area contributed by atoms with Gasteiger partial charge >= 0.3 is 0 Å². The maximum absolute atomic E-state index is 6.20. The Bertz CT molecular complexity index is 749. The van der Waals surface area contributed by atoms with Gasteiger partial charge in [-0.1, -0.05) is 34.8 Å². The van der Waals surface area contributed by atoms with Crippen molar-refractivity contribution in [2.75, 3.05) is 5.73 Å². The summed E-state index contributed by atoms with van der Waals surface area (Å²) in [6.07, 6.45) is 0. The molecule has 106 valence electrons. The van der Waals surface area contributed by atoms with E-state index in [4.69, 9.17) is 40.5 Å². The standard InChI is InChI=1S/C13H8Cl3N5/c14-7-1-4-12(11(16)5-7)21-13(18-19-20-21)9-3-2-8(17)6-10(9)15/h1-6H,17H2. The highest BCUT2D eigenvalue weighted by molar-refractivity contribution is 6.36. The molecule has 0 aliphatic carbocycles. The summed E-state index contributed by atoms with van der Waals surface area (Å²) < 4.78 is 1.50. The number of nitrogens with zero attached hydrogens (tertiary/aromatic N) is 4. The van der Waals surface area contributed by atoms with E-state index in [9.17, 15) is 0 Å². The van der Waals surface area contributed by atoms with Crippen molar-refractivity contribution in [1.29, 1.82) is 0 Å². The van der Waals surface area contributed by atoms with Crippen LogP contribution in [0.4, 0.5) is 5.69 Å². The summed E-state index contributed by atoms with van der Waals surface area (Å²) in [7, 11) is 0. The summed E-state index contributed by atoms with van der Waals surface area (Å²) in [6.45, 7) is 0. The molecule has 1 aromatic heterocycles. The Morgan fingerprint density at radius 1 is 0.952 bits per heavy atom. The van der Waals surface area contributed by atoms with Crippen LogP contribution in [-0.4, -0.2) is 20.2 Å². The van der Waals surface area contributed by atoms with Gasteiger partial charge in [0.1, 0.15) is 0 Å².